The number of benzene rings is 1. The number of rotatable bonds is 4. The summed E-state index contributed by atoms with van der Waals surface area (Å²) in [6.07, 6.45) is 1.87. The van der Waals surface area contributed by atoms with Crippen molar-refractivity contribution in [1.82, 2.24) is 5.27 Å². The Morgan fingerprint density at radius 2 is 2.05 bits per heavy atom. The van der Waals surface area contributed by atoms with Crippen LogP contribution in [0.5, 0.6) is 0 Å². The van der Waals surface area contributed by atoms with Gasteiger partial charge in [-0.05, 0) is 29.5 Å². The van der Waals surface area contributed by atoms with Crippen LogP contribution in [0.15, 0.2) is 44.9 Å². The van der Waals surface area contributed by atoms with E-state index in [0.717, 1.165) is 0 Å². The van der Waals surface area contributed by atoms with Gasteiger partial charge in [-0.1, -0.05) is 30.3 Å². The maximum Gasteiger partial charge on any atom is 0.367 e. The quantitative estimate of drug-likeness (QED) is 0.349. The third-order valence-electron chi connectivity index (χ3n) is 2.37. The maximum atomic E-state index is 12.0. The third kappa shape index (κ3) is 2.87. The molecule has 0 atom stereocenters. The van der Waals surface area contributed by atoms with E-state index in [1.165, 1.54) is 11.8 Å². The highest BCUT2D eigenvalue weighted by molar-refractivity contribution is 7.98. The van der Waals surface area contributed by atoms with Gasteiger partial charge in [0.25, 0.3) is 0 Å². The van der Waals surface area contributed by atoms with Gasteiger partial charge in [0.2, 0.25) is 5.27 Å². The van der Waals surface area contributed by atoms with E-state index in [1.807, 2.05) is 26.4 Å². The first kappa shape index (κ1) is 13.4. The fourth-order valence-electron chi connectivity index (χ4n) is 1.47. The average Bonchev–Trinajstić information content (AvgIpc) is 2.82. The van der Waals surface area contributed by atoms with Gasteiger partial charge < -0.3 is 5.11 Å². The lowest BCUT2D eigenvalue weighted by Crippen LogP contribution is -2.55. The van der Waals surface area contributed by atoms with E-state index < -0.39 is 0 Å². The monoisotopic (exact) mass is 278 g/mol. The molecule has 0 bridgehead atoms. The first-order valence-corrected chi connectivity index (χ1v) is 6.80. The molecule has 0 saturated carbocycles. The van der Waals surface area contributed by atoms with Gasteiger partial charge in [-0.3, -0.25) is 4.52 Å². The minimum Gasteiger partial charge on any atom is -0.858 e. The van der Waals surface area contributed by atoms with Crippen molar-refractivity contribution in [1.29, 1.82) is 0 Å². The molecular formula is C12H14N4O2S. The number of aliphatic imine (C=N–C) groups is 1. The number of hydrogen-bond donors (Lipinski definition) is 0. The van der Waals surface area contributed by atoms with Crippen molar-refractivity contribution in [3.8, 4) is 0 Å². The van der Waals surface area contributed by atoms with Crippen LogP contribution >= 0.6 is 11.8 Å². The Labute approximate surface area is 115 Å². The normalized spacial score (nSPS) is 11.6. The molecule has 0 fully saturated rings. The minimum absolute atomic E-state index is 0.218. The molecule has 19 heavy (non-hydrogen) atoms. The van der Waals surface area contributed by atoms with Crippen LogP contribution in [-0.4, -0.2) is 31.5 Å². The topological polar surface area (TPSA) is 68.6 Å². The highest BCUT2D eigenvalue weighted by atomic mass is 32.2. The summed E-state index contributed by atoms with van der Waals surface area (Å²) in [6.45, 7) is 0. The smallest absolute Gasteiger partial charge is 0.367 e. The van der Waals surface area contributed by atoms with Crippen LogP contribution in [0.2, 0.25) is 0 Å². The predicted molar refractivity (Wildman–Crippen MR) is 71.2 cm³/mol. The summed E-state index contributed by atoms with van der Waals surface area (Å²) in [6, 6.07) is 8.84. The molecule has 0 spiro atoms. The van der Waals surface area contributed by atoms with Gasteiger partial charge in [0.15, 0.2) is 0 Å². The third-order valence-corrected chi connectivity index (χ3v) is 3.09. The van der Waals surface area contributed by atoms with E-state index in [9.17, 15) is 5.11 Å². The summed E-state index contributed by atoms with van der Waals surface area (Å²) in [5.41, 5.74) is 0.516. The Bertz CT molecular complexity index is 581. The Morgan fingerprint density at radius 3 is 2.63 bits per heavy atom. The van der Waals surface area contributed by atoms with Crippen molar-refractivity contribution >= 4 is 23.5 Å². The van der Waals surface area contributed by atoms with Gasteiger partial charge in [-0.2, -0.15) is 5.01 Å². The first-order chi connectivity index (χ1) is 9.13. The van der Waals surface area contributed by atoms with Gasteiger partial charge in [-0.25, -0.2) is 4.99 Å². The van der Waals surface area contributed by atoms with Crippen LogP contribution in [0.4, 0.5) is 5.88 Å². The maximum absolute atomic E-state index is 12.0. The summed E-state index contributed by atoms with van der Waals surface area (Å²) in [5.74, 6) is -0.131. The van der Waals surface area contributed by atoms with E-state index in [1.54, 1.807) is 34.1 Å². The van der Waals surface area contributed by atoms with E-state index in [4.69, 9.17) is 4.52 Å². The standard InChI is InChI=1S/C12H14N4O2S/c1-15(2)16-12(19-3)11(18-14-16)13-10(17)9-7-5-4-6-8-9/h4-8H,1-3H3. The molecule has 7 heteroatoms. The number of hydrogen-bond acceptors (Lipinski definition) is 6. The second-order valence-electron chi connectivity index (χ2n) is 3.91. The highest BCUT2D eigenvalue weighted by Gasteiger charge is 2.25. The number of aromatic nitrogens is 2. The van der Waals surface area contributed by atoms with Crippen molar-refractivity contribution in [2.45, 2.75) is 5.03 Å². The second-order valence-corrected chi connectivity index (χ2v) is 4.70. The minimum atomic E-state index is -0.349. The molecule has 6 nitrogen and oxygen atoms in total. The fraction of sp³-hybridized carbons (Fsp3) is 0.250. The zero-order valence-electron chi connectivity index (χ0n) is 10.9. The average molecular weight is 278 g/mol. The summed E-state index contributed by atoms with van der Waals surface area (Å²) < 4.78 is 5.10. The fourth-order valence-corrected chi connectivity index (χ4v) is 2.09. The van der Waals surface area contributed by atoms with Crippen molar-refractivity contribution in [3.05, 3.63) is 35.9 Å². The van der Waals surface area contributed by atoms with Gasteiger partial charge in [0.1, 0.15) is 0 Å². The lowest BCUT2D eigenvalue weighted by Gasteiger charge is -2.08. The van der Waals surface area contributed by atoms with Gasteiger partial charge in [0.05, 0.1) is 18.9 Å². The van der Waals surface area contributed by atoms with Crippen LogP contribution in [0.1, 0.15) is 5.56 Å². The van der Waals surface area contributed by atoms with E-state index >= 15 is 0 Å². The van der Waals surface area contributed by atoms with E-state index in [-0.39, 0.29) is 11.8 Å². The van der Waals surface area contributed by atoms with Gasteiger partial charge >= 0.3 is 10.9 Å². The molecule has 2 rings (SSSR count). The molecule has 100 valence electrons. The van der Waals surface area contributed by atoms with Crippen LogP contribution in [0.3, 0.4) is 0 Å². The Kier molecular flexibility index (Phi) is 4.06. The summed E-state index contributed by atoms with van der Waals surface area (Å²) in [5, 5.41) is 18.2. The Morgan fingerprint density at radius 1 is 1.37 bits per heavy atom. The predicted octanol–water partition coefficient (Wildman–Crippen LogP) is 0.320. The lowest BCUT2D eigenvalue weighted by molar-refractivity contribution is -0.784. The van der Waals surface area contributed by atoms with Crippen molar-refractivity contribution in [2.24, 2.45) is 4.99 Å². The molecule has 0 amide bonds. The van der Waals surface area contributed by atoms with Crippen LogP contribution in [-0.2, 0) is 0 Å². The molecule has 1 aromatic carbocycles. The van der Waals surface area contributed by atoms with Gasteiger partial charge in [-0.15, -0.1) is 0 Å². The second kappa shape index (κ2) is 5.75. The van der Waals surface area contributed by atoms with Crippen LogP contribution in [0, 0.1) is 0 Å². The molecule has 0 unspecified atom stereocenters. The summed E-state index contributed by atoms with van der Waals surface area (Å²) >= 11 is 1.41. The molecule has 1 aromatic heterocycles. The first-order valence-electron chi connectivity index (χ1n) is 5.58. The molecular weight excluding hydrogens is 264 g/mol. The lowest BCUT2D eigenvalue weighted by atomic mass is 10.2. The zero-order valence-corrected chi connectivity index (χ0v) is 11.7. The summed E-state index contributed by atoms with van der Waals surface area (Å²) in [4.78, 5) is 5.51. The number of nitrogens with zero attached hydrogens (tertiary/aromatic N) is 4. The molecule has 0 aliphatic heterocycles. The summed E-state index contributed by atoms with van der Waals surface area (Å²) in [7, 11) is 3.65. The van der Waals surface area contributed by atoms with Crippen LogP contribution in [0.25, 0.3) is 0 Å². The molecule has 1 heterocycles. The largest absolute Gasteiger partial charge is 0.858 e. The van der Waals surface area contributed by atoms with Crippen LogP contribution < -0.4 is 14.9 Å². The number of thioether (sulfide) groups is 1. The Hall–Kier alpha value is -2.02. The molecule has 0 radical (unpaired) electrons. The molecule has 0 N–H and O–H groups in total. The van der Waals surface area contributed by atoms with E-state index in [2.05, 4.69) is 10.3 Å². The highest BCUT2D eigenvalue weighted by Crippen LogP contribution is 2.23. The zero-order chi connectivity index (χ0) is 13.8. The van der Waals surface area contributed by atoms with Crippen molar-refractivity contribution in [3.63, 3.8) is 0 Å². The SMILES string of the molecule is CSc1c(/N=C(\[O-])c2ccccc2)on[n+]1N(C)C. The van der Waals surface area contributed by atoms with Crippen molar-refractivity contribution in [2.75, 3.05) is 25.4 Å². The Balaban J connectivity index is 2.38. The van der Waals surface area contributed by atoms with Crippen molar-refractivity contribution < 1.29 is 14.4 Å². The van der Waals surface area contributed by atoms with Gasteiger partial charge in [0, 0.05) is 0 Å². The molecule has 0 aliphatic rings. The molecule has 2 aromatic rings. The van der Waals surface area contributed by atoms with E-state index in [0.29, 0.717) is 10.6 Å². The molecule has 0 aliphatic carbocycles. The molecule has 0 saturated heterocycles.